The minimum atomic E-state index is -0.894. The van der Waals surface area contributed by atoms with E-state index in [-0.39, 0.29) is 5.69 Å². The van der Waals surface area contributed by atoms with Crippen molar-refractivity contribution < 1.29 is 15.0 Å². The van der Waals surface area contributed by atoms with Crippen LogP contribution in [0.1, 0.15) is 10.5 Å². The highest BCUT2D eigenvalue weighted by Crippen LogP contribution is 2.16. The van der Waals surface area contributed by atoms with Crippen molar-refractivity contribution in [2.75, 3.05) is 0 Å². The molecule has 0 radical (unpaired) electrons. The first kappa shape index (κ1) is 7.26. The Morgan fingerprint density at radius 1 is 1.45 bits per heavy atom. The summed E-state index contributed by atoms with van der Waals surface area (Å²) in [5.41, 5.74) is 4.42. The molecule has 0 spiro atoms. The third-order valence-electron chi connectivity index (χ3n) is 0.994. The molecule has 0 aliphatic rings. The quantitative estimate of drug-likeness (QED) is 0.481. The van der Waals surface area contributed by atoms with Gasteiger partial charge < -0.3 is 15.9 Å². The molecule has 11 heavy (non-hydrogen) atoms. The highest BCUT2D eigenvalue weighted by Gasteiger charge is 2.09. The fraction of sp³-hybridized carbons (Fsp3) is 0. The van der Waals surface area contributed by atoms with Crippen molar-refractivity contribution in [1.82, 2.24) is 10.2 Å². The summed E-state index contributed by atoms with van der Waals surface area (Å²) in [5, 5.41) is 23.8. The van der Waals surface area contributed by atoms with Gasteiger partial charge in [-0.1, -0.05) is 0 Å². The van der Waals surface area contributed by atoms with E-state index in [4.69, 9.17) is 15.9 Å². The average Bonchev–Trinajstić information content (AvgIpc) is 1.85. The Bertz CT molecular complexity index is 299. The maximum Gasteiger partial charge on any atom is 0.273 e. The van der Waals surface area contributed by atoms with Crippen LogP contribution in [0.5, 0.6) is 11.6 Å². The zero-order valence-electron chi connectivity index (χ0n) is 5.35. The molecule has 0 unspecified atom stereocenters. The van der Waals surface area contributed by atoms with Crippen LogP contribution in [0.4, 0.5) is 0 Å². The van der Waals surface area contributed by atoms with E-state index in [2.05, 4.69) is 10.2 Å². The molecule has 0 fully saturated rings. The number of carbonyl (C=O) groups excluding carboxylic acids is 1. The van der Waals surface area contributed by atoms with Gasteiger partial charge in [-0.25, -0.2) is 0 Å². The number of aromatic nitrogens is 2. The number of primary amides is 1. The van der Waals surface area contributed by atoms with E-state index < -0.39 is 17.5 Å². The number of rotatable bonds is 1. The van der Waals surface area contributed by atoms with Crippen molar-refractivity contribution >= 4 is 5.91 Å². The summed E-state index contributed by atoms with van der Waals surface area (Å²) < 4.78 is 0. The SMILES string of the molecule is NC(=O)c1nnc(O)cc1O. The van der Waals surface area contributed by atoms with Crippen molar-refractivity contribution in [3.63, 3.8) is 0 Å². The molecule has 0 saturated carbocycles. The van der Waals surface area contributed by atoms with Crippen LogP contribution in [0.3, 0.4) is 0 Å². The topological polar surface area (TPSA) is 109 Å². The first-order valence-electron chi connectivity index (χ1n) is 2.66. The molecular weight excluding hydrogens is 150 g/mol. The fourth-order valence-corrected chi connectivity index (χ4v) is 0.547. The number of hydrogen-bond acceptors (Lipinski definition) is 5. The summed E-state index contributed by atoms with van der Waals surface area (Å²) in [5.74, 6) is -1.84. The van der Waals surface area contributed by atoms with Crippen molar-refractivity contribution in [1.29, 1.82) is 0 Å². The predicted octanol–water partition coefficient (Wildman–Crippen LogP) is -1.01. The number of aromatic hydroxyl groups is 2. The Balaban J connectivity index is 3.20. The normalized spacial score (nSPS) is 9.45. The molecule has 1 aromatic heterocycles. The fourth-order valence-electron chi connectivity index (χ4n) is 0.547. The van der Waals surface area contributed by atoms with E-state index >= 15 is 0 Å². The van der Waals surface area contributed by atoms with Crippen LogP contribution in [-0.4, -0.2) is 26.3 Å². The summed E-state index contributed by atoms with van der Waals surface area (Å²) >= 11 is 0. The lowest BCUT2D eigenvalue weighted by atomic mass is 10.3. The minimum absolute atomic E-state index is 0.359. The summed E-state index contributed by atoms with van der Waals surface area (Å²) in [6.07, 6.45) is 0. The lowest BCUT2D eigenvalue weighted by molar-refractivity contribution is 0.0991. The zero-order valence-corrected chi connectivity index (χ0v) is 5.35. The highest BCUT2D eigenvalue weighted by molar-refractivity contribution is 5.93. The van der Waals surface area contributed by atoms with Gasteiger partial charge in [-0.05, 0) is 0 Å². The molecule has 0 aliphatic heterocycles. The molecule has 0 atom stereocenters. The van der Waals surface area contributed by atoms with Crippen molar-refractivity contribution in [3.8, 4) is 11.6 Å². The smallest absolute Gasteiger partial charge is 0.273 e. The van der Waals surface area contributed by atoms with Gasteiger partial charge in [0.15, 0.2) is 11.4 Å². The van der Waals surface area contributed by atoms with E-state index in [0.717, 1.165) is 6.07 Å². The van der Waals surface area contributed by atoms with Gasteiger partial charge >= 0.3 is 0 Å². The Morgan fingerprint density at radius 3 is 2.55 bits per heavy atom. The van der Waals surface area contributed by atoms with Crippen LogP contribution >= 0.6 is 0 Å². The van der Waals surface area contributed by atoms with Gasteiger partial charge in [0.2, 0.25) is 5.88 Å². The molecule has 58 valence electrons. The van der Waals surface area contributed by atoms with E-state index in [1.165, 1.54) is 0 Å². The van der Waals surface area contributed by atoms with Crippen LogP contribution in [0.15, 0.2) is 6.07 Å². The Labute approximate surface area is 61.3 Å². The first-order valence-corrected chi connectivity index (χ1v) is 2.66. The summed E-state index contributed by atoms with van der Waals surface area (Å²) in [7, 11) is 0. The molecule has 6 nitrogen and oxygen atoms in total. The Kier molecular flexibility index (Phi) is 1.59. The molecule has 0 aromatic carbocycles. The summed E-state index contributed by atoms with van der Waals surface area (Å²) in [6.45, 7) is 0. The second-order valence-corrected chi connectivity index (χ2v) is 1.80. The number of nitrogens with zero attached hydrogens (tertiary/aromatic N) is 2. The third kappa shape index (κ3) is 1.34. The maximum atomic E-state index is 10.4. The average molecular weight is 155 g/mol. The van der Waals surface area contributed by atoms with Gasteiger partial charge in [-0.3, -0.25) is 4.79 Å². The lowest BCUT2D eigenvalue weighted by Gasteiger charge is -1.96. The molecule has 4 N–H and O–H groups in total. The molecule has 0 bridgehead atoms. The molecule has 1 aromatic rings. The van der Waals surface area contributed by atoms with E-state index in [1.54, 1.807) is 0 Å². The van der Waals surface area contributed by atoms with Gasteiger partial charge in [0, 0.05) is 6.07 Å². The number of amides is 1. The number of carbonyl (C=O) groups is 1. The zero-order chi connectivity index (χ0) is 8.43. The van der Waals surface area contributed by atoms with Gasteiger partial charge in [0.05, 0.1) is 0 Å². The van der Waals surface area contributed by atoms with Gasteiger partial charge in [-0.15, -0.1) is 10.2 Å². The molecule has 0 saturated heterocycles. The van der Waals surface area contributed by atoms with E-state index in [1.807, 2.05) is 0 Å². The van der Waals surface area contributed by atoms with Gasteiger partial charge in [-0.2, -0.15) is 0 Å². The first-order chi connectivity index (χ1) is 5.11. The molecule has 6 heteroatoms. The predicted molar refractivity (Wildman–Crippen MR) is 33.9 cm³/mol. The van der Waals surface area contributed by atoms with Crippen LogP contribution in [-0.2, 0) is 0 Å². The molecule has 0 aliphatic carbocycles. The monoisotopic (exact) mass is 155 g/mol. The van der Waals surface area contributed by atoms with Crippen LogP contribution in [0, 0.1) is 0 Å². The highest BCUT2D eigenvalue weighted by atomic mass is 16.3. The molecule has 1 rings (SSSR count). The van der Waals surface area contributed by atoms with Crippen molar-refractivity contribution in [2.45, 2.75) is 0 Å². The van der Waals surface area contributed by atoms with Gasteiger partial charge in [0.25, 0.3) is 5.91 Å². The minimum Gasteiger partial charge on any atom is -0.505 e. The van der Waals surface area contributed by atoms with Crippen LogP contribution in [0.2, 0.25) is 0 Å². The Morgan fingerprint density at radius 2 is 2.09 bits per heavy atom. The van der Waals surface area contributed by atoms with Crippen LogP contribution in [0.25, 0.3) is 0 Å². The summed E-state index contributed by atoms with van der Waals surface area (Å²) in [6, 6.07) is 0.882. The molecule has 1 amide bonds. The van der Waals surface area contributed by atoms with Gasteiger partial charge in [0.1, 0.15) is 0 Å². The largest absolute Gasteiger partial charge is 0.505 e. The summed E-state index contributed by atoms with van der Waals surface area (Å²) in [4.78, 5) is 10.4. The Hall–Kier alpha value is -1.85. The lowest BCUT2D eigenvalue weighted by Crippen LogP contribution is -2.13. The van der Waals surface area contributed by atoms with Crippen LogP contribution < -0.4 is 5.73 Å². The second-order valence-electron chi connectivity index (χ2n) is 1.80. The van der Waals surface area contributed by atoms with E-state index in [0.29, 0.717) is 0 Å². The molecular formula is C5H5N3O3. The van der Waals surface area contributed by atoms with E-state index in [9.17, 15) is 4.79 Å². The number of hydrogen-bond donors (Lipinski definition) is 3. The standard InChI is InChI=1S/C5H5N3O3/c6-5(11)4-2(9)1-3(10)7-8-4/h1H,(H2,6,11)(H2,7,9,10). The second kappa shape index (κ2) is 2.41. The third-order valence-corrected chi connectivity index (χ3v) is 0.994. The molecule has 1 heterocycles. The maximum absolute atomic E-state index is 10.4. The number of nitrogens with two attached hydrogens (primary N) is 1. The van der Waals surface area contributed by atoms with Crippen molar-refractivity contribution in [2.24, 2.45) is 5.73 Å². The van der Waals surface area contributed by atoms with Crippen molar-refractivity contribution in [3.05, 3.63) is 11.8 Å².